The lowest BCUT2D eigenvalue weighted by Gasteiger charge is -2.13. The molecule has 1 aliphatic rings. The molecule has 1 amide bonds. The van der Waals surface area contributed by atoms with Crippen LogP contribution in [0.3, 0.4) is 0 Å². The number of aromatic nitrogens is 4. The minimum absolute atomic E-state index is 0.00610. The Kier molecular flexibility index (Phi) is 5.99. The van der Waals surface area contributed by atoms with Gasteiger partial charge in [0, 0.05) is 12.3 Å². The third-order valence-corrected chi connectivity index (χ3v) is 7.39. The summed E-state index contributed by atoms with van der Waals surface area (Å²) >= 11 is 2.71. The molecule has 4 aromatic rings. The Labute approximate surface area is 192 Å². The number of ether oxygens (including phenoxy) is 1. The van der Waals surface area contributed by atoms with Crippen LogP contribution < -0.4 is 10.9 Å². The summed E-state index contributed by atoms with van der Waals surface area (Å²) in [4.78, 5) is 25.6. The number of aryl methyl sites for hydroxylation is 1. The Morgan fingerprint density at radius 1 is 1.28 bits per heavy atom. The van der Waals surface area contributed by atoms with E-state index in [1.54, 1.807) is 4.57 Å². The Morgan fingerprint density at radius 2 is 2.12 bits per heavy atom. The van der Waals surface area contributed by atoms with Crippen molar-refractivity contribution >= 4 is 50.7 Å². The van der Waals surface area contributed by atoms with Gasteiger partial charge in [-0.25, -0.2) is 0 Å². The van der Waals surface area contributed by atoms with Gasteiger partial charge >= 0.3 is 0 Å². The third kappa shape index (κ3) is 4.05. The zero-order valence-electron chi connectivity index (χ0n) is 17.6. The van der Waals surface area contributed by atoms with Crippen LogP contribution in [0.4, 0.5) is 5.69 Å². The molecule has 0 aliphatic carbocycles. The number of rotatable bonds is 7. The largest absolute Gasteiger partial charge is 0.376 e. The van der Waals surface area contributed by atoms with E-state index in [0.29, 0.717) is 22.2 Å². The molecule has 4 heterocycles. The van der Waals surface area contributed by atoms with E-state index in [0.717, 1.165) is 37.1 Å². The summed E-state index contributed by atoms with van der Waals surface area (Å²) < 4.78 is 9.92. The third-order valence-electron chi connectivity index (χ3n) is 5.57. The maximum atomic E-state index is 13.1. The van der Waals surface area contributed by atoms with Crippen LogP contribution in [0.25, 0.3) is 16.0 Å². The number of fused-ring (bicyclic) bond motifs is 3. The molecule has 0 radical (unpaired) electrons. The van der Waals surface area contributed by atoms with Gasteiger partial charge in [0.25, 0.3) is 5.56 Å². The second-order valence-electron chi connectivity index (χ2n) is 7.69. The predicted molar refractivity (Wildman–Crippen MR) is 127 cm³/mol. The molecule has 1 saturated heterocycles. The quantitative estimate of drug-likeness (QED) is 0.416. The van der Waals surface area contributed by atoms with E-state index in [1.165, 1.54) is 28.7 Å². The van der Waals surface area contributed by atoms with Crippen molar-refractivity contribution in [3.8, 4) is 0 Å². The van der Waals surface area contributed by atoms with Crippen molar-refractivity contribution in [2.24, 2.45) is 0 Å². The highest BCUT2D eigenvalue weighted by molar-refractivity contribution is 7.99. The van der Waals surface area contributed by atoms with Crippen molar-refractivity contribution in [2.45, 2.75) is 44.0 Å². The molecule has 0 saturated carbocycles. The normalized spacial score (nSPS) is 16.2. The van der Waals surface area contributed by atoms with E-state index in [9.17, 15) is 9.59 Å². The van der Waals surface area contributed by atoms with Gasteiger partial charge in [0.05, 0.1) is 23.9 Å². The highest BCUT2D eigenvalue weighted by atomic mass is 32.2. The first kappa shape index (κ1) is 21.2. The number of hydrogen-bond acceptors (Lipinski definition) is 7. The van der Waals surface area contributed by atoms with Crippen molar-refractivity contribution < 1.29 is 9.53 Å². The average molecular weight is 470 g/mol. The second kappa shape index (κ2) is 9.05. The summed E-state index contributed by atoms with van der Waals surface area (Å²) in [5.74, 6) is 0.548. The summed E-state index contributed by atoms with van der Waals surface area (Å²) in [5, 5.41) is 14.0. The molecule has 1 fully saturated rings. The lowest BCUT2D eigenvalue weighted by molar-refractivity contribution is -0.113. The van der Waals surface area contributed by atoms with Gasteiger partial charge in [-0.2, -0.15) is 0 Å². The number of amides is 1. The number of nitrogens with zero attached hydrogens (tertiary/aromatic N) is 4. The highest BCUT2D eigenvalue weighted by Gasteiger charge is 2.22. The predicted octanol–water partition coefficient (Wildman–Crippen LogP) is 3.58. The van der Waals surface area contributed by atoms with Gasteiger partial charge < -0.3 is 10.1 Å². The molecule has 8 nitrogen and oxygen atoms in total. The van der Waals surface area contributed by atoms with Crippen LogP contribution in [0.5, 0.6) is 0 Å². The number of hydrogen-bond donors (Lipinski definition) is 1. The number of benzene rings is 1. The summed E-state index contributed by atoms with van der Waals surface area (Å²) in [7, 11) is 0. The lowest BCUT2D eigenvalue weighted by Crippen LogP contribution is -2.28. The second-order valence-corrected chi connectivity index (χ2v) is 9.55. The van der Waals surface area contributed by atoms with Crippen LogP contribution in [0.15, 0.2) is 45.7 Å². The minimum Gasteiger partial charge on any atom is -0.376 e. The van der Waals surface area contributed by atoms with Crippen LogP contribution in [0.2, 0.25) is 0 Å². The SMILES string of the molecule is CCc1ccc(NC(=O)CSc2nnc3n(C[C@H]4CCCO4)c(=O)c4sccc4n23)cc1. The molecule has 10 heteroatoms. The van der Waals surface area contributed by atoms with Crippen LogP contribution in [-0.4, -0.2) is 43.5 Å². The Bertz CT molecular complexity index is 1320. The Hall–Kier alpha value is -2.69. The number of carbonyl (C=O) groups is 1. The molecule has 0 bridgehead atoms. The molecule has 1 N–H and O–H groups in total. The first-order chi connectivity index (χ1) is 15.6. The fraction of sp³-hybridized carbons (Fsp3) is 0.364. The molecular formula is C22H23N5O3S2. The number of nitrogens with one attached hydrogen (secondary N) is 1. The fourth-order valence-electron chi connectivity index (χ4n) is 3.90. The zero-order chi connectivity index (χ0) is 22.1. The molecule has 1 aliphatic heterocycles. The molecule has 5 rings (SSSR count). The molecular weight excluding hydrogens is 446 g/mol. The van der Waals surface area contributed by atoms with Crippen LogP contribution >= 0.6 is 23.1 Å². The van der Waals surface area contributed by atoms with Crippen molar-refractivity contribution in [2.75, 3.05) is 17.7 Å². The Balaban J connectivity index is 1.40. The molecule has 0 unspecified atom stereocenters. The first-order valence-electron chi connectivity index (χ1n) is 10.6. The van der Waals surface area contributed by atoms with E-state index in [2.05, 4.69) is 22.4 Å². The highest BCUT2D eigenvalue weighted by Crippen LogP contribution is 2.25. The van der Waals surface area contributed by atoms with Gasteiger partial charge in [-0.1, -0.05) is 30.8 Å². The molecule has 1 atom stereocenters. The van der Waals surface area contributed by atoms with Gasteiger partial charge in [-0.15, -0.1) is 21.5 Å². The summed E-state index contributed by atoms with van der Waals surface area (Å²) in [6.07, 6.45) is 2.89. The van der Waals surface area contributed by atoms with E-state index >= 15 is 0 Å². The number of thiophene rings is 1. The molecule has 0 spiro atoms. The number of carbonyl (C=O) groups excluding carboxylic acids is 1. The first-order valence-corrected chi connectivity index (χ1v) is 12.5. The van der Waals surface area contributed by atoms with Gasteiger partial charge in [0.15, 0.2) is 5.16 Å². The molecule has 3 aromatic heterocycles. The molecule has 1 aromatic carbocycles. The van der Waals surface area contributed by atoms with Gasteiger partial charge in [-0.05, 0) is 48.4 Å². The topological polar surface area (TPSA) is 90.5 Å². The summed E-state index contributed by atoms with van der Waals surface area (Å²) in [6.45, 7) is 3.27. The fourth-order valence-corrected chi connectivity index (χ4v) is 5.46. The van der Waals surface area contributed by atoms with Crippen molar-refractivity contribution in [1.29, 1.82) is 0 Å². The Morgan fingerprint density at radius 3 is 2.88 bits per heavy atom. The van der Waals surface area contributed by atoms with Crippen molar-refractivity contribution in [1.82, 2.24) is 19.2 Å². The lowest BCUT2D eigenvalue weighted by atomic mass is 10.1. The van der Waals surface area contributed by atoms with Crippen molar-refractivity contribution in [3.05, 3.63) is 51.6 Å². The standard InChI is InChI=1S/C22H23N5O3S2/c1-2-14-5-7-15(8-6-14)23-18(28)13-32-22-25-24-21-26(12-16-4-3-10-30-16)20(29)19-17(27(21)22)9-11-31-19/h5-9,11,16H,2-4,10,12-13H2,1H3,(H,23,28)/t16-/m1/s1. The van der Waals surface area contributed by atoms with Crippen LogP contribution in [0.1, 0.15) is 25.3 Å². The maximum absolute atomic E-state index is 13.1. The molecule has 166 valence electrons. The monoisotopic (exact) mass is 469 g/mol. The molecule has 32 heavy (non-hydrogen) atoms. The number of anilines is 1. The smallest absolute Gasteiger partial charge is 0.272 e. The van der Waals surface area contributed by atoms with E-state index < -0.39 is 0 Å². The summed E-state index contributed by atoms with van der Waals surface area (Å²) in [5.41, 5.74) is 2.68. The van der Waals surface area contributed by atoms with Crippen molar-refractivity contribution in [3.63, 3.8) is 0 Å². The summed E-state index contributed by atoms with van der Waals surface area (Å²) in [6, 6.07) is 9.73. The number of thioether (sulfide) groups is 1. The van der Waals surface area contributed by atoms with E-state index in [4.69, 9.17) is 4.74 Å². The maximum Gasteiger partial charge on any atom is 0.272 e. The zero-order valence-corrected chi connectivity index (χ0v) is 19.2. The average Bonchev–Trinajstić information content (AvgIpc) is 3.56. The van der Waals surface area contributed by atoms with Gasteiger partial charge in [-0.3, -0.25) is 18.6 Å². The van der Waals surface area contributed by atoms with E-state index in [1.807, 2.05) is 40.1 Å². The van der Waals surface area contributed by atoms with Gasteiger partial charge in [0.1, 0.15) is 4.70 Å². The van der Waals surface area contributed by atoms with Crippen LogP contribution in [0, 0.1) is 0 Å². The van der Waals surface area contributed by atoms with Crippen LogP contribution in [-0.2, 0) is 22.5 Å². The van der Waals surface area contributed by atoms with E-state index in [-0.39, 0.29) is 23.3 Å². The minimum atomic E-state index is -0.120. The van der Waals surface area contributed by atoms with Gasteiger partial charge in [0.2, 0.25) is 11.7 Å².